The van der Waals surface area contributed by atoms with Gasteiger partial charge in [-0.1, -0.05) is 18.2 Å². The highest BCUT2D eigenvalue weighted by Crippen LogP contribution is 2.37. The van der Waals surface area contributed by atoms with E-state index < -0.39 is 0 Å². The first kappa shape index (κ1) is 11.7. The van der Waals surface area contributed by atoms with E-state index in [4.69, 9.17) is 0 Å². The zero-order valence-electron chi connectivity index (χ0n) is 10.5. The van der Waals surface area contributed by atoms with Crippen molar-refractivity contribution < 1.29 is 5.11 Å². The molecule has 0 saturated heterocycles. The van der Waals surface area contributed by atoms with Gasteiger partial charge in [0, 0.05) is 18.2 Å². The molecule has 0 aliphatic heterocycles. The second-order valence-corrected chi connectivity index (χ2v) is 5.32. The molecule has 18 heavy (non-hydrogen) atoms. The molecule has 2 nitrogen and oxygen atoms in total. The van der Waals surface area contributed by atoms with E-state index in [0.29, 0.717) is 18.4 Å². The van der Waals surface area contributed by atoms with Gasteiger partial charge >= 0.3 is 0 Å². The molecule has 1 aromatic carbocycles. The molecule has 0 atom stereocenters. The number of hydrogen-bond acceptors (Lipinski definition) is 2. The van der Waals surface area contributed by atoms with Crippen molar-refractivity contribution >= 4 is 10.9 Å². The fourth-order valence-corrected chi connectivity index (χ4v) is 3.13. The van der Waals surface area contributed by atoms with Crippen LogP contribution in [0, 0.1) is 5.92 Å². The molecule has 0 spiro atoms. The van der Waals surface area contributed by atoms with E-state index in [0.717, 1.165) is 18.4 Å². The average molecular weight is 241 g/mol. The van der Waals surface area contributed by atoms with Gasteiger partial charge in [0.25, 0.3) is 0 Å². The Labute approximate surface area is 108 Å². The Balaban J connectivity index is 1.91. The van der Waals surface area contributed by atoms with Crippen molar-refractivity contribution in [2.24, 2.45) is 5.92 Å². The van der Waals surface area contributed by atoms with Crippen LogP contribution in [0.4, 0.5) is 0 Å². The van der Waals surface area contributed by atoms with Gasteiger partial charge in [0.2, 0.25) is 0 Å². The maximum absolute atomic E-state index is 9.21. The molecular formula is C16H19NO. The zero-order chi connectivity index (χ0) is 12.4. The first-order valence-electron chi connectivity index (χ1n) is 6.83. The number of aromatic nitrogens is 1. The predicted octanol–water partition coefficient (Wildman–Crippen LogP) is 3.50. The van der Waals surface area contributed by atoms with E-state index in [1.165, 1.54) is 23.8 Å². The third-order valence-corrected chi connectivity index (χ3v) is 4.23. The lowest BCUT2D eigenvalue weighted by atomic mass is 9.78. The molecule has 0 amide bonds. The molecule has 0 unspecified atom stereocenters. The largest absolute Gasteiger partial charge is 0.396 e. The van der Waals surface area contributed by atoms with Crippen LogP contribution in [0.15, 0.2) is 36.5 Å². The summed E-state index contributed by atoms with van der Waals surface area (Å²) in [7, 11) is 0. The standard InChI is InChI=1S/C16H19NO/c18-11-12-5-7-13(8-6-12)14-9-10-17-16-4-2-1-3-15(14)16/h1-4,9-10,12-13,18H,5-8,11H2. The lowest BCUT2D eigenvalue weighted by molar-refractivity contribution is 0.182. The molecular weight excluding hydrogens is 222 g/mol. The minimum Gasteiger partial charge on any atom is -0.396 e. The van der Waals surface area contributed by atoms with Crippen molar-refractivity contribution in [1.82, 2.24) is 4.98 Å². The van der Waals surface area contributed by atoms with Gasteiger partial charge in [-0.2, -0.15) is 0 Å². The maximum atomic E-state index is 9.21. The summed E-state index contributed by atoms with van der Waals surface area (Å²) in [5.41, 5.74) is 2.54. The number of nitrogens with zero attached hydrogens (tertiary/aromatic N) is 1. The highest BCUT2D eigenvalue weighted by Gasteiger charge is 2.22. The molecule has 94 valence electrons. The summed E-state index contributed by atoms with van der Waals surface area (Å²) in [5.74, 6) is 1.16. The Kier molecular flexibility index (Phi) is 3.28. The van der Waals surface area contributed by atoms with Crippen LogP contribution in [-0.4, -0.2) is 16.7 Å². The van der Waals surface area contributed by atoms with Crippen molar-refractivity contribution in [1.29, 1.82) is 0 Å². The number of aliphatic hydroxyl groups excluding tert-OH is 1. The van der Waals surface area contributed by atoms with Crippen molar-refractivity contribution in [3.8, 4) is 0 Å². The highest BCUT2D eigenvalue weighted by atomic mass is 16.3. The normalized spacial score (nSPS) is 24.3. The van der Waals surface area contributed by atoms with E-state index in [9.17, 15) is 5.11 Å². The van der Waals surface area contributed by atoms with Crippen LogP contribution >= 0.6 is 0 Å². The summed E-state index contributed by atoms with van der Waals surface area (Å²) in [6.45, 7) is 0.351. The van der Waals surface area contributed by atoms with Gasteiger partial charge in [-0.05, 0) is 55.2 Å². The lowest BCUT2D eigenvalue weighted by Gasteiger charge is -2.28. The molecule has 1 N–H and O–H groups in total. The molecule has 1 fully saturated rings. The zero-order valence-corrected chi connectivity index (χ0v) is 10.5. The number of aliphatic hydroxyl groups is 1. The van der Waals surface area contributed by atoms with Crippen LogP contribution in [0.3, 0.4) is 0 Å². The Morgan fingerprint density at radius 1 is 1.06 bits per heavy atom. The number of hydrogen-bond donors (Lipinski definition) is 1. The fourth-order valence-electron chi connectivity index (χ4n) is 3.13. The molecule has 2 heteroatoms. The van der Waals surface area contributed by atoms with E-state index in [2.05, 4.69) is 29.2 Å². The predicted molar refractivity (Wildman–Crippen MR) is 73.5 cm³/mol. The van der Waals surface area contributed by atoms with Crippen LogP contribution < -0.4 is 0 Å². The molecule has 1 aliphatic carbocycles. The second kappa shape index (κ2) is 5.07. The smallest absolute Gasteiger partial charge is 0.0704 e. The molecule has 1 aromatic heterocycles. The Morgan fingerprint density at radius 3 is 2.61 bits per heavy atom. The fraction of sp³-hybridized carbons (Fsp3) is 0.438. The van der Waals surface area contributed by atoms with Crippen LogP contribution in [0.2, 0.25) is 0 Å². The Hall–Kier alpha value is -1.41. The molecule has 1 heterocycles. The minimum atomic E-state index is 0.351. The first-order chi connectivity index (χ1) is 8.88. The molecule has 1 saturated carbocycles. The average Bonchev–Trinajstić information content (AvgIpc) is 2.47. The van der Waals surface area contributed by atoms with Crippen molar-refractivity contribution in [2.45, 2.75) is 31.6 Å². The summed E-state index contributed by atoms with van der Waals surface area (Å²) >= 11 is 0. The van der Waals surface area contributed by atoms with Crippen molar-refractivity contribution in [3.63, 3.8) is 0 Å². The van der Waals surface area contributed by atoms with Gasteiger partial charge in [-0.25, -0.2) is 0 Å². The van der Waals surface area contributed by atoms with Gasteiger partial charge in [-0.15, -0.1) is 0 Å². The van der Waals surface area contributed by atoms with Crippen molar-refractivity contribution in [2.75, 3.05) is 6.61 Å². The second-order valence-electron chi connectivity index (χ2n) is 5.32. The summed E-state index contributed by atoms with van der Waals surface area (Å²) < 4.78 is 0. The summed E-state index contributed by atoms with van der Waals surface area (Å²) in [6.07, 6.45) is 6.61. The number of para-hydroxylation sites is 1. The molecule has 0 bridgehead atoms. The monoisotopic (exact) mass is 241 g/mol. The molecule has 2 aromatic rings. The van der Waals surface area contributed by atoms with Crippen LogP contribution in [0.25, 0.3) is 10.9 Å². The van der Waals surface area contributed by atoms with Crippen molar-refractivity contribution in [3.05, 3.63) is 42.1 Å². The summed E-state index contributed by atoms with van der Waals surface area (Å²) in [5, 5.41) is 10.5. The summed E-state index contributed by atoms with van der Waals surface area (Å²) in [6, 6.07) is 10.6. The van der Waals surface area contributed by atoms with Gasteiger partial charge in [0.1, 0.15) is 0 Å². The summed E-state index contributed by atoms with van der Waals surface area (Å²) in [4.78, 5) is 4.43. The van der Waals surface area contributed by atoms with Gasteiger partial charge in [0.05, 0.1) is 5.52 Å². The van der Waals surface area contributed by atoms with E-state index in [1.54, 1.807) is 0 Å². The first-order valence-corrected chi connectivity index (χ1v) is 6.83. The van der Waals surface area contributed by atoms with Gasteiger partial charge in [0.15, 0.2) is 0 Å². The number of benzene rings is 1. The quantitative estimate of drug-likeness (QED) is 0.873. The van der Waals surface area contributed by atoms with E-state index in [-0.39, 0.29) is 0 Å². The van der Waals surface area contributed by atoms with Crippen LogP contribution in [0.1, 0.15) is 37.2 Å². The molecule has 0 radical (unpaired) electrons. The lowest BCUT2D eigenvalue weighted by Crippen LogP contribution is -2.16. The number of pyridine rings is 1. The Morgan fingerprint density at radius 2 is 1.83 bits per heavy atom. The highest BCUT2D eigenvalue weighted by molar-refractivity contribution is 5.82. The van der Waals surface area contributed by atoms with E-state index in [1.807, 2.05) is 12.3 Å². The molecule has 1 aliphatic rings. The Bertz CT molecular complexity index is 524. The third kappa shape index (κ3) is 2.13. The van der Waals surface area contributed by atoms with Crippen LogP contribution in [0.5, 0.6) is 0 Å². The SMILES string of the molecule is OCC1CCC(c2ccnc3ccccc23)CC1. The van der Waals surface area contributed by atoms with Gasteiger partial charge in [-0.3, -0.25) is 4.98 Å². The topological polar surface area (TPSA) is 33.1 Å². The maximum Gasteiger partial charge on any atom is 0.0704 e. The van der Waals surface area contributed by atoms with E-state index >= 15 is 0 Å². The number of fused-ring (bicyclic) bond motifs is 1. The van der Waals surface area contributed by atoms with Crippen LogP contribution in [-0.2, 0) is 0 Å². The number of rotatable bonds is 2. The third-order valence-electron chi connectivity index (χ3n) is 4.23. The molecule has 3 rings (SSSR count). The van der Waals surface area contributed by atoms with Gasteiger partial charge < -0.3 is 5.11 Å². The minimum absolute atomic E-state index is 0.351.